The number of hydrogen-bond donors (Lipinski definition) is 2. The summed E-state index contributed by atoms with van der Waals surface area (Å²) in [5.41, 5.74) is 5.06. The van der Waals surface area contributed by atoms with E-state index in [-0.39, 0.29) is 22.8 Å². The van der Waals surface area contributed by atoms with E-state index in [1.165, 1.54) is 28.6 Å². The third-order valence-corrected chi connectivity index (χ3v) is 6.66. The number of carbonyl (C=O) groups is 2. The number of ether oxygens (including phenoxy) is 2. The summed E-state index contributed by atoms with van der Waals surface area (Å²) in [7, 11) is -3.54. The van der Waals surface area contributed by atoms with Gasteiger partial charge in [0.1, 0.15) is 0 Å². The van der Waals surface area contributed by atoms with E-state index in [1.54, 1.807) is 18.2 Å². The number of hydrogen-bond acceptors (Lipinski definition) is 6. The minimum atomic E-state index is -3.54. The van der Waals surface area contributed by atoms with Crippen molar-refractivity contribution in [1.82, 2.24) is 15.2 Å². The van der Waals surface area contributed by atoms with Gasteiger partial charge in [0.05, 0.1) is 10.5 Å². The first-order chi connectivity index (χ1) is 14.0. The van der Waals surface area contributed by atoms with Crippen molar-refractivity contribution >= 4 is 21.8 Å². The summed E-state index contributed by atoms with van der Waals surface area (Å²) in [6.45, 7) is 1.04. The molecule has 0 unspecified atom stereocenters. The second kappa shape index (κ2) is 7.72. The summed E-state index contributed by atoms with van der Waals surface area (Å²) in [5.74, 6) is -0.364. The van der Waals surface area contributed by atoms with Crippen LogP contribution >= 0.6 is 0 Å². The Morgan fingerprint density at radius 3 is 2.31 bits per heavy atom. The first kappa shape index (κ1) is 19.2. The van der Waals surface area contributed by atoms with Crippen molar-refractivity contribution in [2.75, 3.05) is 19.9 Å². The summed E-state index contributed by atoms with van der Waals surface area (Å²) in [5, 5.41) is 0. The highest BCUT2D eigenvalue weighted by Gasteiger charge is 2.27. The fraction of sp³-hybridized carbons (Fsp3) is 0.263. The Hall–Kier alpha value is -3.11. The minimum Gasteiger partial charge on any atom is -0.454 e. The minimum absolute atomic E-state index is 0.0265. The normalized spacial score (nSPS) is 15.9. The molecule has 2 aliphatic rings. The fourth-order valence-electron chi connectivity index (χ4n) is 3.22. The van der Waals surface area contributed by atoms with Crippen molar-refractivity contribution in [3.63, 3.8) is 0 Å². The molecule has 0 spiro atoms. The Labute approximate surface area is 167 Å². The Morgan fingerprint density at radius 2 is 1.59 bits per heavy atom. The number of benzene rings is 2. The monoisotopic (exact) mass is 417 g/mol. The molecule has 4 rings (SSSR count). The molecule has 0 aliphatic carbocycles. The van der Waals surface area contributed by atoms with Crippen molar-refractivity contribution in [3.05, 3.63) is 53.6 Å². The highest BCUT2D eigenvalue weighted by atomic mass is 32.2. The molecule has 2 N–H and O–H groups in total. The second-order valence-electron chi connectivity index (χ2n) is 6.58. The van der Waals surface area contributed by atoms with Crippen LogP contribution in [0.15, 0.2) is 47.4 Å². The van der Waals surface area contributed by atoms with Crippen LogP contribution in [-0.4, -0.2) is 44.4 Å². The molecule has 0 atom stereocenters. The maximum atomic E-state index is 12.5. The number of nitrogens with zero attached hydrogens (tertiary/aromatic N) is 1. The molecule has 29 heavy (non-hydrogen) atoms. The van der Waals surface area contributed by atoms with Crippen LogP contribution in [0.3, 0.4) is 0 Å². The SMILES string of the molecule is O=C(NNC(=O)c1cccc2c1OCO2)c1ccc(S(=O)(=O)N2CCCC2)cc1. The Bertz CT molecular complexity index is 1050. The summed E-state index contributed by atoms with van der Waals surface area (Å²) in [6.07, 6.45) is 1.70. The molecular formula is C19H19N3O6S. The highest BCUT2D eigenvalue weighted by molar-refractivity contribution is 7.89. The standard InChI is InChI=1S/C19H19N3O6S/c23-18(20-21-19(24)15-4-3-5-16-17(15)28-12-27-16)13-6-8-14(9-7-13)29(25,26)22-10-1-2-11-22/h3-9H,1-2,10-12H2,(H,20,23)(H,21,24). The third kappa shape index (κ3) is 3.76. The van der Waals surface area contributed by atoms with Gasteiger partial charge < -0.3 is 9.47 Å². The third-order valence-electron chi connectivity index (χ3n) is 4.75. The molecule has 2 heterocycles. The average Bonchev–Trinajstić information content (AvgIpc) is 3.43. The molecule has 9 nitrogen and oxygen atoms in total. The van der Waals surface area contributed by atoms with E-state index in [1.807, 2.05) is 0 Å². The topological polar surface area (TPSA) is 114 Å². The van der Waals surface area contributed by atoms with Crippen molar-refractivity contribution in [3.8, 4) is 11.5 Å². The molecule has 0 bridgehead atoms. The van der Waals surface area contributed by atoms with Gasteiger partial charge in [-0.1, -0.05) is 6.07 Å². The first-order valence-corrected chi connectivity index (χ1v) is 10.5. The van der Waals surface area contributed by atoms with E-state index >= 15 is 0 Å². The van der Waals surface area contributed by atoms with Crippen LogP contribution in [0.5, 0.6) is 11.5 Å². The number of carbonyl (C=O) groups excluding carboxylic acids is 2. The number of fused-ring (bicyclic) bond motifs is 1. The van der Waals surface area contributed by atoms with Crippen molar-refractivity contribution < 1.29 is 27.5 Å². The lowest BCUT2D eigenvalue weighted by Gasteiger charge is -2.15. The van der Waals surface area contributed by atoms with Crippen LogP contribution in [0.4, 0.5) is 0 Å². The van der Waals surface area contributed by atoms with Crippen molar-refractivity contribution in [1.29, 1.82) is 0 Å². The molecule has 1 saturated heterocycles. The lowest BCUT2D eigenvalue weighted by Crippen LogP contribution is -2.41. The van der Waals surface area contributed by atoms with Crippen LogP contribution in [0.2, 0.25) is 0 Å². The number of nitrogens with one attached hydrogen (secondary N) is 2. The van der Waals surface area contributed by atoms with Crippen LogP contribution < -0.4 is 20.3 Å². The zero-order chi connectivity index (χ0) is 20.4. The molecule has 2 aliphatic heterocycles. The maximum absolute atomic E-state index is 12.5. The number of hydrazine groups is 1. The summed E-state index contributed by atoms with van der Waals surface area (Å²) in [4.78, 5) is 24.8. The average molecular weight is 417 g/mol. The zero-order valence-electron chi connectivity index (χ0n) is 15.4. The number of rotatable bonds is 4. The van der Waals surface area contributed by atoms with Gasteiger partial charge in [-0.2, -0.15) is 4.31 Å². The molecule has 2 aromatic rings. The maximum Gasteiger partial charge on any atom is 0.273 e. The van der Waals surface area contributed by atoms with Gasteiger partial charge in [0.25, 0.3) is 11.8 Å². The summed E-state index contributed by atoms with van der Waals surface area (Å²) in [6, 6.07) is 10.5. The number of para-hydroxylation sites is 1. The second-order valence-corrected chi connectivity index (χ2v) is 8.52. The fourth-order valence-corrected chi connectivity index (χ4v) is 4.73. The Kier molecular flexibility index (Phi) is 5.12. The van der Waals surface area contributed by atoms with Crippen LogP contribution in [0.1, 0.15) is 33.6 Å². The van der Waals surface area contributed by atoms with Gasteiger partial charge in [0, 0.05) is 18.7 Å². The van der Waals surface area contributed by atoms with Gasteiger partial charge in [-0.25, -0.2) is 8.42 Å². The summed E-state index contributed by atoms with van der Waals surface area (Å²) < 4.78 is 37.0. The molecule has 2 aromatic carbocycles. The lowest BCUT2D eigenvalue weighted by molar-refractivity contribution is 0.0844. The van der Waals surface area contributed by atoms with E-state index < -0.39 is 21.8 Å². The molecule has 2 amide bonds. The van der Waals surface area contributed by atoms with E-state index in [0.717, 1.165) is 12.8 Å². The number of sulfonamides is 1. The molecule has 1 fully saturated rings. The van der Waals surface area contributed by atoms with E-state index in [9.17, 15) is 18.0 Å². The van der Waals surface area contributed by atoms with E-state index in [4.69, 9.17) is 9.47 Å². The highest BCUT2D eigenvalue weighted by Crippen LogP contribution is 2.35. The molecule has 0 saturated carbocycles. The van der Waals surface area contributed by atoms with Crippen molar-refractivity contribution in [2.45, 2.75) is 17.7 Å². The van der Waals surface area contributed by atoms with Crippen LogP contribution in [-0.2, 0) is 10.0 Å². The predicted octanol–water partition coefficient (Wildman–Crippen LogP) is 1.27. The predicted molar refractivity (Wildman–Crippen MR) is 102 cm³/mol. The Morgan fingerprint density at radius 1 is 0.897 bits per heavy atom. The quantitative estimate of drug-likeness (QED) is 0.725. The Balaban J connectivity index is 1.40. The van der Waals surface area contributed by atoms with Gasteiger partial charge in [0.15, 0.2) is 11.5 Å². The smallest absolute Gasteiger partial charge is 0.273 e. The lowest BCUT2D eigenvalue weighted by atomic mass is 10.2. The van der Waals surface area contributed by atoms with Gasteiger partial charge in [-0.3, -0.25) is 20.4 Å². The van der Waals surface area contributed by atoms with Gasteiger partial charge in [0.2, 0.25) is 16.8 Å². The molecule has 0 radical (unpaired) electrons. The summed E-state index contributed by atoms with van der Waals surface area (Å²) >= 11 is 0. The number of amides is 2. The zero-order valence-corrected chi connectivity index (χ0v) is 16.2. The van der Waals surface area contributed by atoms with Gasteiger partial charge in [-0.15, -0.1) is 0 Å². The van der Waals surface area contributed by atoms with E-state index in [0.29, 0.717) is 24.6 Å². The van der Waals surface area contributed by atoms with Crippen molar-refractivity contribution in [2.24, 2.45) is 0 Å². The van der Waals surface area contributed by atoms with Gasteiger partial charge in [-0.05, 0) is 49.2 Å². The molecule has 10 heteroatoms. The first-order valence-electron chi connectivity index (χ1n) is 9.06. The van der Waals surface area contributed by atoms with Crippen LogP contribution in [0, 0.1) is 0 Å². The molecular weight excluding hydrogens is 398 g/mol. The van der Waals surface area contributed by atoms with E-state index in [2.05, 4.69) is 10.9 Å². The molecule has 152 valence electrons. The molecule has 0 aromatic heterocycles. The van der Waals surface area contributed by atoms with Gasteiger partial charge >= 0.3 is 0 Å². The van der Waals surface area contributed by atoms with Crippen LogP contribution in [0.25, 0.3) is 0 Å². The largest absolute Gasteiger partial charge is 0.454 e.